The number of pyridine rings is 1. The Morgan fingerprint density at radius 1 is 1.45 bits per heavy atom. The summed E-state index contributed by atoms with van der Waals surface area (Å²) in [6.45, 7) is 1.94. The molecule has 0 atom stereocenters. The first kappa shape index (κ1) is 14.0. The normalized spacial score (nSPS) is 10.8. The quantitative estimate of drug-likeness (QED) is 0.935. The molecular weight excluding hydrogens is 272 g/mol. The van der Waals surface area contributed by atoms with Crippen molar-refractivity contribution in [3.8, 4) is 5.75 Å². The molecule has 0 spiro atoms. The summed E-state index contributed by atoms with van der Waals surface area (Å²) in [7, 11) is 1.15. The summed E-state index contributed by atoms with van der Waals surface area (Å²) in [6.07, 6.45) is 1.09. The molecule has 5 nitrogen and oxygen atoms in total. The fourth-order valence-electron chi connectivity index (χ4n) is 2.06. The van der Waals surface area contributed by atoms with Crippen LogP contribution in [0.25, 0.3) is 10.9 Å². The van der Waals surface area contributed by atoms with Gasteiger partial charge in [0.1, 0.15) is 5.56 Å². The number of rotatable bonds is 3. The van der Waals surface area contributed by atoms with Crippen molar-refractivity contribution in [2.24, 2.45) is 0 Å². The van der Waals surface area contributed by atoms with Crippen LogP contribution < -0.4 is 10.2 Å². The summed E-state index contributed by atoms with van der Waals surface area (Å²) < 4.78 is 33.4. The summed E-state index contributed by atoms with van der Waals surface area (Å²) in [6, 6.07) is 0.689. The molecule has 2 aromatic rings. The monoisotopic (exact) mass is 283 g/mol. The number of benzene rings is 1. The molecule has 106 valence electrons. The van der Waals surface area contributed by atoms with Crippen molar-refractivity contribution >= 4 is 16.9 Å². The zero-order valence-corrected chi connectivity index (χ0v) is 10.7. The Morgan fingerprint density at radius 2 is 2.10 bits per heavy atom. The van der Waals surface area contributed by atoms with Gasteiger partial charge in [-0.2, -0.15) is 4.39 Å². The van der Waals surface area contributed by atoms with E-state index in [0.717, 1.165) is 13.3 Å². The topological polar surface area (TPSA) is 68.5 Å². The maximum atomic E-state index is 13.7. The van der Waals surface area contributed by atoms with Crippen molar-refractivity contribution in [1.29, 1.82) is 0 Å². The highest BCUT2D eigenvalue weighted by molar-refractivity contribution is 5.94. The van der Waals surface area contributed by atoms with Crippen LogP contribution >= 0.6 is 0 Å². The van der Waals surface area contributed by atoms with E-state index >= 15 is 0 Å². The number of methoxy groups -OCH3 is 1. The first-order chi connectivity index (χ1) is 9.42. The molecule has 0 amide bonds. The molecule has 1 aromatic carbocycles. The second kappa shape index (κ2) is 4.92. The molecule has 0 unspecified atom stereocenters. The maximum absolute atomic E-state index is 13.7. The molecule has 20 heavy (non-hydrogen) atoms. The average molecular weight is 283 g/mol. The summed E-state index contributed by atoms with van der Waals surface area (Å²) >= 11 is 0. The first-order valence-electron chi connectivity index (χ1n) is 5.74. The SMILES string of the molecule is CCn1cc(C(=O)O)c(=O)c2cc(F)c(F)c(OC)c21. The van der Waals surface area contributed by atoms with Gasteiger partial charge in [0.15, 0.2) is 11.6 Å². The summed E-state index contributed by atoms with van der Waals surface area (Å²) in [5.74, 6) is -4.33. The van der Waals surface area contributed by atoms with Gasteiger partial charge < -0.3 is 14.4 Å². The van der Waals surface area contributed by atoms with Crippen molar-refractivity contribution in [3.63, 3.8) is 0 Å². The van der Waals surface area contributed by atoms with Gasteiger partial charge in [-0.15, -0.1) is 0 Å². The van der Waals surface area contributed by atoms with Gasteiger partial charge in [-0.25, -0.2) is 9.18 Å². The molecule has 0 saturated carbocycles. The van der Waals surface area contributed by atoms with Crippen molar-refractivity contribution in [2.75, 3.05) is 7.11 Å². The summed E-state index contributed by atoms with van der Waals surface area (Å²) in [5, 5.41) is 8.75. The fourth-order valence-corrected chi connectivity index (χ4v) is 2.06. The van der Waals surface area contributed by atoms with Crippen LogP contribution in [0, 0.1) is 11.6 Å². The van der Waals surface area contributed by atoms with E-state index in [-0.39, 0.29) is 17.4 Å². The minimum absolute atomic E-state index is 0.0314. The van der Waals surface area contributed by atoms with E-state index in [4.69, 9.17) is 9.84 Å². The van der Waals surface area contributed by atoms with Crippen LogP contribution in [0.2, 0.25) is 0 Å². The molecule has 0 aliphatic rings. The third-order valence-electron chi connectivity index (χ3n) is 2.99. The number of hydrogen-bond acceptors (Lipinski definition) is 3. The molecule has 0 aliphatic heterocycles. The maximum Gasteiger partial charge on any atom is 0.341 e. The second-order valence-electron chi connectivity index (χ2n) is 4.06. The molecule has 0 aliphatic carbocycles. The van der Waals surface area contributed by atoms with E-state index in [9.17, 15) is 18.4 Å². The summed E-state index contributed by atoms with van der Waals surface area (Å²) in [4.78, 5) is 23.1. The lowest BCUT2D eigenvalue weighted by molar-refractivity contribution is 0.0695. The Hall–Kier alpha value is -2.44. The number of nitrogens with zero attached hydrogens (tertiary/aromatic N) is 1. The number of aromatic carboxylic acids is 1. The Balaban J connectivity index is 3.09. The third-order valence-corrected chi connectivity index (χ3v) is 2.99. The van der Waals surface area contributed by atoms with Crippen LogP contribution in [0.5, 0.6) is 5.75 Å². The van der Waals surface area contributed by atoms with Gasteiger partial charge in [-0.3, -0.25) is 4.79 Å². The van der Waals surface area contributed by atoms with Crippen LogP contribution in [0.4, 0.5) is 8.78 Å². The Labute approximate surface area is 112 Å². The standard InChI is InChI=1S/C13H11F2NO4/c1-3-16-5-7(13(18)19)11(17)6-4-8(14)9(15)12(20-2)10(6)16/h4-5H,3H2,1-2H3,(H,18,19). The molecule has 7 heteroatoms. The van der Waals surface area contributed by atoms with E-state index < -0.39 is 34.3 Å². The highest BCUT2D eigenvalue weighted by atomic mass is 19.2. The lowest BCUT2D eigenvalue weighted by Gasteiger charge is -2.14. The third kappa shape index (κ3) is 1.91. The van der Waals surface area contributed by atoms with Crippen LogP contribution in [0.15, 0.2) is 17.1 Å². The highest BCUT2D eigenvalue weighted by Crippen LogP contribution is 2.29. The van der Waals surface area contributed by atoms with Gasteiger partial charge in [-0.05, 0) is 13.0 Å². The van der Waals surface area contributed by atoms with Gasteiger partial charge in [0.25, 0.3) is 0 Å². The van der Waals surface area contributed by atoms with Gasteiger partial charge in [0, 0.05) is 12.7 Å². The average Bonchev–Trinajstić information content (AvgIpc) is 2.41. The van der Waals surface area contributed by atoms with Gasteiger partial charge in [0.05, 0.1) is 18.0 Å². The molecule has 1 heterocycles. The molecule has 0 fully saturated rings. The molecule has 0 radical (unpaired) electrons. The van der Waals surface area contributed by atoms with E-state index in [1.807, 2.05) is 0 Å². The zero-order valence-electron chi connectivity index (χ0n) is 10.7. The number of ether oxygens (including phenoxy) is 1. The first-order valence-corrected chi connectivity index (χ1v) is 5.74. The molecular formula is C13H11F2NO4. The predicted octanol–water partition coefficient (Wildman–Crippen LogP) is 2.01. The lowest BCUT2D eigenvalue weighted by atomic mass is 10.1. The van der Waals surface area contributed by atoms with E-state index in [0.29, 0.717) is 6.07 Å². The fraction of sp³-hybridized carbons (Fsp3) is 0.231. The molecule has 2 rings (SSSR count). The van der Waals surface area contributed by atoms with Crippen LogP contribution in [-0.4, -0.2) is 22.8 Å². The van der Waals surface area contributed by atoms with Crippen molar-refractivity contribution in [3.05, 3.63) is 39.7 Å². The van der Waals surface area contributed by atoms with Crippen molar-refractivity contribution in [2.45, 2.75) is 13.5 Å². The van der Waals surface area contributed by atoms with Crippen LogP contribution in [0.1, 0.15) is 17.3 Å². The Bertz CT molecular complexity index is 767. The molecule has 1 aromatic heterocycles. The highest BCUT2D eigenvalue weighted by Gasteiger charge is 2.21. The molecule has 1 N–H and O–H groups in total. The Kier molecular flexibility index (Phi) is 3.44. The number of carbonyl (C=O) groups is 1. The van der Waals surface area contributed by atoms with Crippen molar-refractivity contribution < 1.29 is 23.4 Å². The number of aryl methyl sites for hydroxylation is 1. The number of halogens is 2. The molecule has 0 saturated heterocycles. The zero-order chi connectivity index (χ0) is 15.0. The smallest absolute Gasteiger partial charge is 0.341 e. The second-order valence-corrected chi connectivity index (χ2v) is 4.06. The van der Waals surface area contributed by atoms with E-state index in [1.165, 1.54) is 4.57 Å². The van der Waals surface area contributed by atoms with Crippen molar-refractivity contribution in [1.82, 2.24) is 4.57 Å². The Morgan fingerprint density at radius 3 is 2.60 bits per heavy atom. The number of hydrogen-bond donors (Lipinski definition) is 1. The van der Waals surface area contributed by atoms with Crippen LogP contribution in [-0.2, 0) is 6.54 Å². The number of carboxylic acid groups (broad SMARTS) is 1. The number of aromatic nitrogens is 1. The largest absolute Gasteiger partial charge is 0.491 e. The van der Waals surface area contributed by atoms with E-state index in [2.05, 4.69) is 0 Å². The minimum atomic E-state index is -1.43. The minimum Gasteiger partial charge on any atom is -0.491 e. The van der Waals surface area contributed by atoms with Crippen LogP contribution in [0.3, 0.4) is 0 Å². The predicted molar refractivity (Wildman–Crippen MR) is 67.3 cm³/mol. The lowest BCUT2D eigenvalue weighted by Crippen LogP contribution is -2.19. The summed E-state index contributed by atoms with van der Waals surface area (Å²) in [5.41, 5.74) is -1.36. The van der Waals surface area contributed by atoms with Gasteiger partial charge in [-0.1, -0.05) is 0 Å². The van der Waals surface area contributed by atoms with Gasteiger partial charge in [0.2, 0.25) is 11.2 Å². The molecule has 0 bridgehead atoms. The van der Waals surface area contributed by atoms with E-state index in [1.54, 1.807) is 6.92 Å². The van der Waals surface area contributed by atoms with Gasteiger partial charge >= 0.3 is 5.97 Å². The number of carboxylic acids is 1. The number of fused-ring (bicyclic) bond motifs is 1.